The Morgan fingerprint density at radius 1 is 1.69 bits per heavy atom. The van der Waals surface area contributed by atoms with E-state index in [0.29, 0.717) is 13.2 Å². The molecule has 0 aromatic rings. The molecule has 1 aliphatic heterocycles. The highest BCUT2D eigenvalue weighted by atomic mass is 16.5. The van der Waals surface area contributed by atoms with Crippen molar-refractivity contribution in [1.82, 2.24) is 10.2 Å². The number of amides is 1. The van der Waals surface area contributed by atoms with Crippen LogP contribution in [0.3, 0.4) is 0 Å². The second-order valence-corrected chi connectivity index (χ2v) is 4.09. The van der Waals surface area contributed by atoms with Crippen molar-refractivity contribution in [3.05, 3.63) is 0 Å². The van der Waals surface area contributed by atoms with Gasteiger partial charge in [-0.1, -0.05) is 0 Å². The van der Waals surface area contributed by atoms with Crippen molar-refractivity contribution in [1.29, 1.82) is 5.26 Å². The van der Waals surface area contributed by atoms with E-state index in [1.165, 1.54) is 0 Å². The van der Waals surface area contributed by atoms with Crippen LogP contribution in [0.2, 0.25) is 0 Å². The SMILES string of the molecule is COCCN1CCC(C)NC(CC#N)C1=O. The molecule has 1 aliphatic rings. The molecule has 0 spiro atoms. The summed E-state index contributed by atoms with van der Waals surface area (Å²) in [5.41, 5.74) is 0. The molecule has 90 valence electrons. The van der Waals surface area contributed by atoms with Gasteiger partial charge in [-0.05, 0) is 13.3 Å². The molecule has 1 heterocycles. The van der Waals surface area contributed by atoms with E-state index in [1.54, 1.807) is 12.0 Å². The van der Waals surface area contributed by atoms with E-state index in [0.717, 1.165) is 13.0 Å². The fourth-order valence-electron chi connectivity index (χ4n) is 1.84. The number of methoxy groups -OCH3 is 1. The lowest BCUT2D eigenvalue weighted by Gasteiger charge is -2.22. The highest BCUT2D eigenvalue weighted by molar-refractivity contribution is 5.82. The van der Waals surface area contributed by atoms with Gasteiger partial charge in [0.15, 0.2) is 0 Å². The summed E-state index contributed by atoms with van der Waals surface area (Å²) in [4.78, 5) is 13.8. The Kier molecular flexibility index (Phi) is 5.23. The molecule has 1 rings (SSSR count). The van der Waals surface area contributed by atoms with E-state index in [4.69, 9.17) is 10.00 Å². The Morgan fingerprint density at radius 2 is 2.44 bits per heavy atom. The Bertz CT molecular complexity index is 275. The number of hydrogen-bond acceptors (Lipinski definition) is 4. The van der Waals surface area contributed by atoms with Crippen molar-refractivity contribution in [2.75, 3.05) is 26.8 Å². The first-order valence-corrected chi connectivity index (χ1v) is 5.59. The van der Waals surface area contributed by atoms with Gasteiger partial charge in [-0.3, -0.25) is 4.79 Å². The van der Waals surface area contributed by atoms with Gasteiger partial charge in [0.25, 0.3) is 0 Å². The number of hydrogen-bond donors (Lipinski definition) is 1. The first-order valence-electron chi connectivity index (χ1n) is 5.59. The Morgan fingerprint density at radius 3 is 3.06 bits per heavy atom. The fraction of sp³-hybridized carbons (Fsp3) is 0.818. The first-order chi connectivity index (χ1) is 7.69. The molecule has 1 amide bonds. The minimum atomic E-state index is -0.362. The van der Waals surface area contributed by atoms with Crippen molar-refractivity contribution in [3.8, 4) is 6.07 Å². The third kappa shape index (κ3) is 3.47. The van der Waals surface area contributed by atoms with Crippen molar-refractivity contribution >= 4 is 5.91 Å². The Balaban J connectivity index is 2.63. The minimum Gasteiger partial charge on any atom is -0.383 e. The van der Waals surface area contributed by atoms with E-state index in [9.17, 15) is 4.79 Å². The largest absolute Gasteiger partial charge is 0.383 e. The van der Waals surface area contributed by atoms with Gasteiger partial charge >= 0.3 is 0 Å². The number of rotatable bonds is 4. The van der Waals surface area contributed by atoms with Gasteiger partial charge in [0.1, 0.15) is 6.04 Å². The summed E-state index contributed by atoms with van der Waals surface area (Å²) in [6.07, 6.45) is 1.14. The predicted octanol–water partition coefficient (Wildman–Crippen LogP) is 0.125. The van der Waals surface area contributed by atoms with Gasteiger partial charge in [0, 0.05) is 26.2 Å². The number of nitriles is 1. The lowest BCUT2D eigenvalue weighted by Crippen LogP contribution is -2.45. The Hall–Kier alpha value is -1.12. The minimum absolute atomic E-state index is 0.0166. The predicted molar refractivity (Wildman–Crippen MR) is 59.7 cm³/mol. The van der Waals surface area contributed by atoms with Crippen molar-refractivity contribution in [2.45, 2.75) is 31.8 Å². The topological polar surface area (TPSA) is 65.4 Å². The van der Waals surface area contributed by atoms with Gasteiger partial charge in [0.05, 0.1) is 19.1 Å². The highest BCUT2D eigenvalue weighted by Gasteiger charge is 2.28. The molecule has 0 bridgehead atoms. The summed E-state index contributed by atoms with van der Waals surface area (Å²) in [6.45, 7) is 3.92. The average molecular weight is 225 g/mol. The molecule has 1 saturated heterocycles. The molecule has 2 unspecified atom stereocenters. The highest BCUT2D eigenvalue weighted by Crippen LogP contribution is 2.09. The van der Waals surface area contributed by atoms with Crippen LogP contribution in [0.4, 0.5) is 0 Å². The van der Waals surface area contributed by atoms with E-state index in [1.807, 2.05) is 6.92 Å². The molecular formula is C11H19N3O2. The lowest BCUT2D eigenvalue weighted by atomic mass is 10.2. The second-order valence-electron chi connectivity index (χ2n) is 4.09. The van der Waals surface area contributed by atoms with Crippen LogP contribution in [-0.2, 0) is 9.53 Å². The van der Waals surface area contributed by atoms with Crippen LogP contribution in [-0.4, -0.2) is 49.7 Å². The van der Waals surface area contributed by atoms with Gasteiger partial charge < -0.3 is 15.0 Å². The molecule has 1 fully saturated rings. The number of ether oxygens (including phenoxy) is 1. The smallest absolute Gasteiger partial charge is 0.240 e. The van der Waals surface area contributed by atoms with Crippen LogP contribution in [0.15, 0.2) is 0 Å². The molecule has 0 aliphatic carbocycles. The van der Waals surface area contributed by atoms with Crippen LogP contribution in [0.1, 0.15) is 19.8 Å². The summed E-state index contributed by atoms with van der Waals surface area (Å²) in [7, 11) is 1.62. The van der Waals surface area contributed by atoms with Crippen LogP contribution >= 0.6 is 0 Å². The number of carbonyl (C=O) groups excluding carboxylic acids is 1. The summed E-state index contributed by atoms with van der Waals surface area (Å²) in [5, 5.41) is 11.9. The van der Waals surface area contributed by atoms with Crippen LogP contribution in [0, 0.1) is 11.3 Å². The molecule has 1 N–H and O–H groups in total. The van der Waals surface area contributed by atoms with Gasteiger partial charge in [-0.2, -0.15) is 5.26 Å². The molecule has 0 saturated carbocycles. The maximum atomic E-state index is 12.0. The lowest BCUT2D eigenvalue weighted by molar-refractivity contribution is -0.133. The van der Waals surface area contributed by atoms with Crippen molar-refractivity contribution in [2.24, 2.45) is 0 Å². The first kappa shape index (κ1) is 12.9. The van der Waals surface area contributed by atoms with E-state index >= 15 is 0 Å². The standard InChI is InChI=1S/C11H19N3O2/c1-9-4-6-14(7-8-16-2)11(15)10(13-9)3-5-12/h9-10,13H,3-4,6-8H2,1-2H3. The van der Waals surface area contributed by atoms with Crippen LogP contribution in [0.5, 0.6) is 0 Å². The van der Waals surface area contributed by atoms with Gasteiger partial charge in [0.2, 0.25) is 5.91 Å². The molecular weight excluding hydrogens is 206 g/mol. The van der Waals surface area contributed by atoms with Gasteiger partial charge in [-0.15, -0.1) is 0 Å². The zero-order valence-corrected chi connectivity index (χ0v) is 9.90. The maximum absolute atomic E-state index is 12.0. The number of carbonyl (C=O) groups is 1. The summed E-state index contributed by atoms with van der Waals surface area (Å²) in [5.74, 6) is 0.0166. The van der Waals surface area contributed by atoms with E-state index < -0.39 is 0 Å². The zero-order chi connectivity index (χ0) is 12.0. The summed E-state index contributed by atoms with van der Waals surface area (Å²) < 4.78 is 4.98. The number of nitrogens with zero attached hydrogens (tertiary/aromatic N) is 2. The van der Waals surface area contributed by atoms with Crippen LogP contribution in [0.25, 0.3) is 0 Å². The molecule has 2 atom stereocenters. The zero-order valence-electron chi connectivity index (χ0n) is 9.90. The van der Waals surface area contributed by atoms with Crippen LogP contribution < -0.4 is 5.32 Å². The normalized spacial score (nSPS) is 26.3. The second kappa shape index (κ2) is 6.46. The molecule has 0 radical (unpaired) electrons. The van der Waals surface area contributed by atoms with E-state index in [2.05, 4.69) is 11.4 Å². The van der Waals surface area contributed by atoms with Crippen molar-refractivity contribution < 1.29 is 9.53 Å². The third-order valence-corrected chi connectivity index (χ3v) is 2.79. The average Bonchev–Trinajstić information content (AvgIpc) is 2.39. The third-order valence-electron chi connectivity index (χ3n) is 2.79. The van der Waals surface area contributed by atoms with E-state index in [-0.39, 0.29) is 24.4 Å². The van der Waals surface area contributed by atoms with Crippen molar-refractivity contribution in [3.63, 3.8) is 0 Å². The molecule has 16 heavy (non-hydrogen) atoms. The van der Waals surface area contributed by atoms with Gasteiger partial charge in [-0.25, -0.2) is 0 Å². The monoisotopic (exact) mass is 225 g/mol. The Labute approximate surface area is 96.4 Å². The molecule has 5 nitrogen and oxygen atoms in total. The summed E-state index contributed by atoms with van der Waals surface area (Å²) >= 11 is 0. The quantitative estimate of drug-likeness (QED) is 0.738. The number of nitrogens with one attached hydrogen (secondary N) is 1. The summed E-state index contributed by atoms with van der Waals surface area (Å²) in [6, 6.07) is 1.96. The molecule has 5 heteroatoms. The molecule has 0 aromatic carbocycles. The molecule has 0 aromatic heterocycles. The maximum Gasteiger partial charge on any atom is 0.240 e. The fourth-order valence-corrected chi connectivity index (χ4v) is 1.84.